The van der Waals surface area contributed by atoms with E-state index in [0.29, 0.717) is 24.2 Å². The highest BCUT2D eigenvalue weighted by Gasteiger charge is 2.27. The first kappa shape index (κ1) is 22.8. The fraction of sp³-hybridized carbons (Fsp3) is 0.143. The summed E-state index contributed by atoms with van der Waals surface area (Å²) in [4.78, 5) is 17.4. The van der Waals surface area contributed by atoms with Gasteiger partial charge in [-0.15, -0.1) is 0 Å². The highest BCUT2D eigenvalue weighted by atomic mass is 19.2. The van der Waals surface area contributed by atoms with E-state index in [1.54, 1.807) is 21.8 Å². The average Bonchev–Trinajstić information content (AvgIpc) is 3.66. The lowest BCUT2D eigenvalue weighted by atomic mass is 10.1. The second kappa shape index (κ2) is 9.42. The van der Waals surface area contributed by atoms with Crippen molar-refractivity contribution in [1.29, 1.82) is 0 Å². The van der Waals surface area contributed by atoms with Gasteiger partial charge >= 0.3 is 0 Å². The van der Waals surface area contributed by atoms with E-state index in [9.17, 15) is 13.6 Å². The van der Waals surface area contributed by atoms with Crippen LogP contribution in [0.2, 0.25) is 0 Å². The van der Waals surface area contributed by atoms with Crippen molar-refractivity contribution in [3.63, 3.8) is 0 Å². The predicted molar refractivity (Wildman–Crippen MR) is 133 cm³/mol. The van der Waals surface area contributed by atoms with Crippen LogP contribution in [0.1, 0.15) is 33.7 Å². The van der Waals surface area contributed by atoms with E-state index in [-0.39, 0.29) is 12.5 Å². The van der Waals surface area contributed by atoms with Crippen molar-refractivity contribution in [1.82, 2.24) is 29.9 Å². The van der Waals surface area contributed by atoms with Crippen LogP contribution in [0.4, 0.5) is 8.78 Å². The van der Waals surface area contributed by atoms with Crippen molar-refractivity contribution in [2.75, 3.05) is 0 Å². The molecule has 9 heteroatoms. The third-order valence-electron chi connectivity index (χ3n) is 6.50. The number of carbonyl (C=O) groups excluding carboxylic acids is 1. The Balaban J connectivity index is 1.30. The Kier molecular flexibility index (Phi) is 5.80. The molecule has 0 unspecified atom stereocenters. The molecule has 37 heavy (non-hydrogen) atoms. The molecule has 6 rings (SSSR count). The standard InChI is InChI=1S/C28H22F2N6O/c29-23-10-9-21(15-24(23)30)36-25-8-4-7-22(25)27(34-36)28(37)32-16-19-17-35(20-5-2-1-3-6-20)33-26(19)18-11-13-31-14-12-18/h1-3,5-6,9-15,17H,4,7-8,16H2,(H,32,37). The number of rotatable bonds is 6. The Bertz CT molecular complexity index is 1590. The molecule has 7 nitrogen and oxygen atoms in total. The van der Waals surface area contributed by atoms with Gasteiger partial charge in [-0.25, -0.2) is 18.1 Å². The number of benzene rings is 2. The molecule has 1 amide bonds. The molecular formula is C28H22F2N6O. The lowest BCUT2D eigenvalue weighted by Gasteiger charge is -2.06. The summed E-state index contributed by atoms with van der Waals surface area (Å²) in [6.45, 7) is 0.232. The number of carbonyl (C=O) groups is 1. The molecule has 3 aromatic heterocycles. The Morgan fingerprint density at radius 1 is 0.919 bits per heavy atom. The van der Waals surface area contributed by atoms with Crippen molar-refractivity contribution < 1.29 is 13.6 Å². The van der Waals surface area contributed by atoms with E-state index >= 15 is 0 Å². The molecule has 1 N–H and O–H groups in total. The first-order valence-electron chi connectivity index (χ1n) is 12.0. The van der Waals surface area contributed by atoms with Gasteiger partial charge in [-0.1, -0.05) is 18.2 Å². The zero-order valence-electron chi connectivity index (χ0n) is 19.7. The van der Waals surface area contributed by atoms with E-state index in [4.69, 9.17) is 5.10 Å². The third kappa shape index (κ3) is 4.29. The number of aromatic nitrogens is 5. The van der Waals surface area contributed by atoms with Crippen LogP contribution < -0.4 is 5.32 Å². The molecule has 0 saturated heterocycles. The summed E-state index contributed by atoms with van der Waals surface area (Å²) in [7, 11) is 0. The maximum Gasteiger partial charge on any atom is 0.272 e. The molecule has 0 spiro atoms. The topological polar surface area (TPSA) is 77.6 Å². The lowest BCUT2D eigenvalue weighted by molar-refractivity contribution is 0.0944. The van der Waals surface area contributed by atoms with Crippen molar-refractivity contribution >= 4 is 5.91 Å². The van der Waals surface area contributed by atoms with Crippen LogP contribution in [0.15, 0.2) is 79.3 Å². The SMILES string of the molecule is O=C(NCc1cn(-c2ccccc2)nc1-c1ccncc1)c1nn(-c2ccc(F)c(F)c2)c2c1CCC2. The van der Waals surface area contributed by atoms with Gasteiger partial charge in [0.1, 0.15) is 0 Å². The predicted octanol–water partition coefficient (Wildman–Crippen LogP) is 4.82. The molecule has 0 atom stereocenters. The molecule has 184 valence electrons. The Morgan fingerprint density at radius 2 is 1.73 bits per heavy atom. The van der Waals surface area contributed by atoms with Gasteiger partial charge < -0.3 is 5.32 Å². The van der Waals surface area contributed by atoms with Gasteiger partial charge in [-0.3, -0.25) is 9.78 Å². The van der Waals surface area contributed by atoms with Crippen LogP contribution >= 0.6 is 0 Å². The van der Waals surface area contributed by atoms with E-state index in [1.807, 2.05) is 48.7 Å². The van der Waals surface area contributed by atoms with Crippen LogP contribution in [-0.2, 0) is 19.4 Å². The molecule has 0 fully saturated rings. The van der Waals surface area contributed by atoms with Gasteiger partial charge in [-0.2, -0.15) is 10.2 Å². The summed E-state index contributed by atoms with van der Waals surface area (Å²) in [5.74, 6) is -2.20. The number of amides is 1. The largest absolute Gasteiger partial charge is 0.346 e. The lowest BCUT2D eigenvalue weighted by Crippen LogP contribution is -2.24. The summed E-state index contributed by atoms with van der Waals surface area (Å²) >= 11 is 0. The van der Waals surface area contributed by atoms with Gasteiger partial charge in [0.05, 0.1) is 17.1 Å². The smallest absolute Gasteiger partial charge is 0.272 e. The first-order chi connectivity index (χ1) is 18.1. The van der Waals surface area contributed by atoms with Crippen LogP contribution in [0.25, 0.3) is 22.6 Å². The molecular weight excluding hydrogens is 474 g/mol. The number of pyridine rings is 1. The van der Waals surface area contributed by atoms with Gasteiger partial charge in [0.25, 0.3) is 5.91 Å². The Morgan fingerprint density at radius 3 is 2.51 bits per heavy atom. The van der Waals surface area contributed by atoms with Crippen molar-refractivity contribution in [2.24, 2.45) is 0 Å². The number of hydrogen-bond acceptors (Lipinski definition) is 4. The molecule has 1 aliphatic rings. The number of nitrogens with zero attached hydrogens (tertiary/aromatic N) is 5. The van der Waals surface area contributed by atoms with Crippen LogP contribution in [0.3, 0.4) is 0 Å². The van der Waals surface area contributed by atoms with E-state index in [1.165, 1.54) is 6.07 Å². The second-order valence-electron chi connectivity index (χ2n) is 8.84. The number of nitrogens with one attached hydrogen (secondary N) is 1. The zero-order chi connectivity index (χ0) is 25.4. The summed E-state index contributed by atoms with van der Waals surface area (Å²) in [5.41, 5.74) is 5.75. The van der Waals surface area contributed by atoms with Crippen molar-refractivity contribution in [3.8, 4) is 22.6 Å². The number of para-hydroxylation sites is 1. The normalized spacial score (nSPS) is 12.5. The van der Waals surface area contributed by atoms with Gasteiger partial charge in [0.15, 0.2) is 17.3 Å². The monoisotopic (exact) mass is 496 g/mol. The molecule has 2 aromatic carbocycles. The van der Waals surface area contributed by atoms with Gasteiger partial charge in [-0.05, 0) is 55.7 Å². The molecule has 0 radical (unpaired) electrons. The van der Waals surface area contributed by atoms with E-state index in [2.05, 4.69) is 15.4 Å². The molecule has 3 heterocycles. The highest BCUT2D eigenvalue weighted by molar-refractivity contribution is 5.94. The van der Waals surface area contributed by atoms with Crippen molar-refractivity contribution in [3.05, 3.63) is 113 Å². The minimum atomic E-state index is -0.954. The summed E-state index contributed by atoms with van der Waals surface area (Å²) in [6, 6.07) is 17.1. The first-order valence-corrected chi connectivity index (χ1v) is 12.0. The summed E-state index contributed by atoms with van der Waals surface area (Å²) in [6.07, 6.45) is 7.59. The Labute approximate surface area is 211 Å². The third-order valence-corrected chi connectivity index (χ3v) is 6.50. The molecule has 5 aromatic rings. The maximum atomic E-state index is 13.9. The molecule has 0 aliphatic heterocycles. The highest BCUT2D eigenvalue weighted by Crippen LogP contribution is 2.29. The van der Waals surface area contributed by atoms with E-state index in [0.717, 1.165) is 52.3 Å². The van der Waals surface area contributed by atoms with Gasteiger partial charge in [0.2, 0.25) is 0 Å². The van der Waals surface area contributed by atoms with Crippen LogP contribution in [0, 0.1) is 11.6 Å². The second-order valence-corrected chi connectivity index (χ2v) is 8.84. The molecule has 0 saturated carbocycles. The number of halogens is 2. The van der Waals surface area contributed by atoms with Crippen LogP contribution in [-0.4, -0.2) is 30.5 Å². The van der Waals surface area contributed by atoms with E-state index < -0.39 is 11.6 Å². The zero-order valence-corrected chi connectivity index (χ0v) is 19.7. The molecule has 0 bridgehead atoms. The number of hydrogen-bond donors (Lipinski definition) is 1. The minimum Gasteiger partial charge on any atom is -0.346 e. The average molecular weight is 497 g/mol. The molecule has 1 aliphatic carbocycles. The quantitative estimate of drug-likeness (QED) is 0.366. The fourth-order valence-electron chi connectivity index (χ4n) is 4.71. The summed E-state index contributed by atoms with van der Waals surface area (Å²) in [5, 5.41) is 12.3. The van der Waals surface area contributed by atoms with Gasteiger partial charge in [0, 0.05) is 53.6 Å². The Hall–Kier alpha value is -4.66. The maximum absolute atomic E-state index is 13.9. The fourth-order valence-corrected chi connectivity index (χ4v) is 4.71. The van der Waals surface area contributed by atoms with Crippen LogP contribution in [0.5, 0.6) is 0 Å². The van der Waals surface area contributed by atoms with Crippen molar-refractivity contribution in [2.45, 2.75) is 25.8 Å². The number of fused-ring (bicyclic) bond motifs is 1. The minimum absolute atomic E-state index is 0.232. The summed E-state index contributed by atoms with van der Waals surface area (Å²) < 4.78 is 30.7.